The number of hydrogen-bond acceptors (Lipinski definition) is 8. The minimum absolute atomic E-state index is 0.0258. The van der Waals surface area contributed by atoms with E-state index in [1.165, 1.54) is 19.1 Å². The number of amides is 1. The first-order valence-corrected chi connectivity index (χ1v) is 10.9. The van der Waals surface area contributed by atoms with E-state index < -0.39 is 29.5 Å². The van der Waals surface area contributed by atoms with Crippen LogP contribution in [-0.2, 0) is 14.3 Å². The second-order valence-electron chi connectivity index (χ2n) is 8.90. The van der Waals surface area contributed by atoms with Gasteiger partial charge in [0.1, 0.15) is 17.4 Å². The number of aromatic hydroxyl groups is 1. The average Bonchev–Trinajstić information content (AvgIpc) is 2.76. The van der Waals surface area contributed by atoms with Crippen molar-refractivity contribution < 1.29 is 33.8 Å². The topological polar surface area (TPSA) is 131 Å². The van der Waals surface area contributed by atoms with Gasteiger partial charge < -0.3 is 25.2 Å². The minimum Gasteiger partial charge on any atom is -0.507 e. The molecule has 3 N–H and O–H groups in total. The molecule has 1 aliphatic rings. The molecule has 0 aromatic heterocycles. The SMILES string of the molecule is C[C@H](NC(=O)OC(C)(C)C)C(=O)OCCCNc1ccc(O)c2c1C(=O)c1ccccc1C2=O. The molecule has 1 amide bonds. The lowest BCUT2D eigenvalue weighted by atomic mass is 9.82. The maximum atomic E-state index is 13.0. The lowest BCUT2D eigenvalue weighted by Crippen LogP contribution is -2.42. The third kappa shape index (κ3) is 5.54. The van der Waals surface area contributed by atoms with Gasteiger partial charge in [0.25, 0.3) is 0 Å². The molecule has 9 nitrogen and oxygen atoms in total. The molecule has 0 saturated carbocycles. The number of fused-ring (bicyclic) bond motifs is 2. The smallest absolute Gasteiger partial charge is 0.408 e. The van der Waals surface area contributed by atoms with Crippen LogP contribution in [0.3, 0.4) is 0 Å². The number of phenolic OH excluding ortho intramolecular Hbond substituents is 1. The minimum atomic E-state index is -0.879. The van der Waals surface area contributed by atoms with Gasteiger partial charge in [0, 0.05) is 23.4 Å². The fraction of sp³-hybridized carbons (Fsp3) is 0.360. The number of anilines is 1. The standard InChI is InChI=1S/C25H28N2O7/c1-14(27-24(32)34-25(2,3)4)23(31)33-13-7-12-26-17-10-11-18(28)20-19(17)21(29)15-8-5-6-9-16(15)22(20)30/h5-6,8-11,14,26,28H,7,12-13H2,1-4H3,(H,27,32)/t14-/m0/s1. The zero-order valence-corrected chi connectivity index (χ0v) is 19.6. The summed E-state index contributed by atoms with van der Waals surface area (Å²) in [6.07, 6.45) is -0.310. The van der Waals surface area contributed by atoms with Crippen LogP contribution in [0.5, 0.6) is 5.75 Å². The molecule has 9 heteroatoms. The third-order valence-electron chi connectivity index (χ3n) is 5.02. The summed E-state index contributed by atoms with van der Waals surface area (Å²) in [6, 6.07) is 8.51. The molecule has 1 aliphatic carbocycles. The Labute approximate surface area is 197 Å². The number of ether oxygens (including phenoxy) is 2. The first-order chi connectivity index (χ1) is 16.0. The third-order valence-corrected chi connectivity index (χ3v) is 5.02. The van der Waals surface area contributed by atoms with Crippen molar-refractivity contribution in [2.75, 3.05) is 18.5 Å². The van der Waals surface area contributed by atoms with E-state index in [1.807, 2.05) is 0 Å². The molecule has 2 aromatic carbocycles. The summed E-state index contributed by atoms with van der Waals surface area (Å²) in [7, 11) is 0. The number of hydrogen-bond donors (Lipinski definition) is 3. The highest BCUT2D eigenvalue weighted by Gasteiger charge is 2.33. The van der Waals surface area contributed by atoms with Crippen LogP contribution in [0.25, 0.3) is 0 Å². The summed E-state index contributed by atoms with van der Waals surface area (Å²) < 4.78 is 10.3. The Balaban J connectivity index is 1.56. The fourth-order valence-corrected chi connectivity index (χ4v) is 3.49. The maximum Gasteiger partial charge on any atom is 0.408 e. The molecule has 0 saturated heterocycles. The van der Waals surface area contributed by atoms with Crippen molar-refractivity contribution in [1.82, 2.24) is 5.32 Å². The molecule has 0 heterocycles. The Morgan fingerprint density at radius 1 is 1.00 bits per heavy atom. The number of esters is 1. The molecule has 0 spiro atoms. The van der Waals surface area contributed by atoms with Crippen molar-refractivity contribution in [3.63, 3.8) is 0 Å². The number of benzene rings is 2. The molecule has 0 bridgehead atoms. The van der Waals surface area contributed by atoms with Gasteiger partial charge in [-0.25, -0.2) is 9.59 Å². The number of alkyl carbamates (subject to hydrolysis) is 1. The Bertz CT molecular complexity index is 1130. The predicted molar refractivity (Wildman–Crippen MR) is 124 cm³/mol. The molecule has 2 aromatic rings. The van der Waals surface area contributed by atoms with Gasteiger partial charge in [-0.15, -0.1) is 0 Å². The molecular formula is C25H28N2O7. The van der Waals surface area contributed by atoms with Gasteiger partial charge in [0.2, 0.25) is 0 Å². The van der Waals surface area contributed by atoms with E-state index in [1.54, 1.807) is 45.0 Å². The summed E-state index contributed by atoms with van der Waals surface area (Å²) in [5, 5.41) is 15.7. The van der Waals surface area contributed by atoms with Gasteiger partial charge in [0.15, 0.2) is 11.6 Å². The van der Waals surface area contributed by atoms with E-state index in [0.717, 1.165) is 0 Å². The highest BCUT2D eigenvalue weighted by molar-refractivity contribution is 6.31. The Kier molecular flexibility index (Phi) is 7.24. The Morgan fingerprint density at radius 2 is 1.62 bits per heavy atom. The van der Waals surface area contributed by atoms with E-state index in [-0.39, 0.29) is 40.4 Å². The first-order valence-electron chi connectivity index (χ1n) is 10.9. The second kappa shape index (κ2) is 9.94. The van der Waals surface area contributed by atoms with Crippen LogP contribution in [-0.4, -0.2) is 53.5 Å². The van der Waals surface area contributed by atoms with Crippen LogP contribution in [0.1, 0.15) is 66.0 Å². The summed E-state index contributed by atoms with van der Waals surface area (Å²) in [5.74, 6) is -1.62. The van der Waals surface area contributed by atoms with Crippen LogP contribution in [0, 0.1) is 0 Å². The molecule has 34 heavy (non-hydrogen) atoms. The fourth-order valence-electron chi connectivity index (χ4n) is 3.49. The monoisotopic (exact) mass is 468 g/mol. The highest BCUT2D eigenvalue weighted by atomic mass is 16.6. The van der Waals surface area contributed by atoms with Gasteiger partial charge in [-0.3, -0.25) is 9.59 Å². The van der Waals surface area contributed by atoms with E-state index >= 15 is 0 Å². The van der Waals surface area contributed by atoms with E-state index in [2.05, 4.69) is 10.6 Å². The molecule has 1 atom stereocenters. The zero-order chi connectivity index (χ0) is 25.0. The maximum absolute atomic E-state index is 13.0. The van der Waals surface area contributed by atoms with Gasteiger partial charge in [-0.2, -0.15) is 0 Å². The Hall–Kier alpha value is -3.88. The Morgan fingerprint density at radius 3 is 2.24 bits per heavy atom. The van der Waals surface area contributed by atoms with Gasteiger partial charge >= 0.3 is 12.1 Å². The van der Waals surface area contributed by atoms with Gasteiger partial charge in [-0.1, -0.05) is 24.3 Å². The summed E-state index contributed by atoms with van der Waals surface area (Å²) >= 11 is 0. The van der Waals surface area contributed by atoms with Crippen LogP contribution in [0.15, 0.2) is 36.4 Å². The lowest BCUT2D eigenvalue weighted by Gasteiger charge is -2.22. The van der Waals surface area contributed by atoms with Crippen molar-refractivity contribution in [3.05, 3.63) is 58.7 Å². The molecule has 0 aliphatic heterocycles. The van der Waals surface area contributed by atoms with Crippen molar-refractivity contribution in [3.8, 4) is 5.75 Å². The second-order valence-corrected chi connectivity index (χ2v) is 8.90. The van der Waals surface area contributed by atoms with Gasteiger partial charge in [0.05, 0.1) is 17.7 Å². The first kappa shape index (κ1) is 24.8. The molecule has 0 unspecified atom stereocenters. The van der Waals surface area contributed by atoms with E-state index in [9.17, 15) is 24.3 Å². The zero-order valence-electron chi connectivity index (χ0n) is 19.6. The van der Waals surface area contributed by atoms with Crippen LogP contribution < -0.4 is 10.6 Å². The number of carbonyl (C=O) groups is 4. The normalized spacial score (nSPS) is 13.4. The van der Waals surface area contributed by atoms with Crippen LogP contribution >= 0.6 is 0 Å². The number of phenols is 1. The number of rotatable bonds is 7. The summed E-state index contributed by atoms with van der Waals surface area (Å²) in [6.45, 7) is 7.05. The lowest BCUT2D eigenvalue weighted by molar-refractivity contribution is -0.145. The van der Waals surface area contributed by atoms with E-state index in [4.69, 9.17) is 9.47 Å². The van der Waals surface area contributed by atoms with Crippen LogP contribution in [0.2, 0.25) is 0 Å². The number of carbonyl (C=O) groups excluding carboxylic acids is 4. The molecule has 180 valence electrons. The number of nitrogens with one attached hydrogen (secondary N) is 2. The molecule has 0 fully saturated rings. The average molecular weight is 469 g/mol. The molecular weight excluding hydrogens is 440 g/mol. The summed E-state index contributed by atoms with van der Waals surface area (Å²) in [4.78, 5) is 49.7. The highest BCUT2D eigenvalue weighted by Crippen LogP contribution is 2.36. The number of ketones is 2. The quantitative estimate of drug-likeness (QED) is 0.273. The van der Waals surface area contributed by atoms with Gasteiger partial charge in [-0.05, 0) is 46.2 Å². The van der Waals surface area contributed by atoms with Crippen molar-refractivity contribution >= 4 is 29.3 Å². The summed E-state index contributed by atoms with van der Waals surface area (Å²) in [5.41, 5.74) is 0.369. The van der Waals surface area contributed by atoms with Crippen LogP contribution in [0.4, 0.5) is 10.5 Å². The van der Waals surface area contributed by atoms with Crippen molar-refractivity contribution in [1.29, 1.82) is 0 Å². The molecule has 0 radical (unpaired) electrons. The largest absolute Gasteiger partial charge is 0.507 e. The van der Waals surface area contributed by atoms with Crippen molar-refractivity contribution in [2.45, 2.75) is 45.8 Å². The van der Waals surface area contributed by atoms with Crippen molar-refractivity contribution in [2.24, 2.45) is 0 Å². The van der Waals surface area contributed by atoms with E-state index in [0.29, 0.717) is 18.7 Å². The predicted octanol–water partition coefficient (Wildman–Crippen LogP) is 3.43. The molecule has 3 rings (SSSR count).